The first-order valence-corrected chi connectivity index (χ1v) is 9.21. The zero-order valence-corrected chi connectivity index (χ0v) is 15.2. The Morgan fingerprint density at radius 2 is 1.85 bits per heavy atom. The van der Waals surface area contributed by atoms with Crippen molar-refractivity contribution in [3.63, 3.8) is 0 Å². The van der Waals surface area contributed by atoms with Gasteiger partial charge in [0.15, 0.2) is 5.65 Å². The molecule has 6 nitrogen and oxygen atoms in total. The van der Waals surface area contributed by atoms with Gasteiger partial charge in [-0.1, -0.05) is 42.1 Å². The van der Waals surface area contributed by atoms with Crippen molar-refractivity contribution in [1.29, 1.82) is 0 Å². The van der Waals surface area contributed by atoms with E-state index in [-0.39, 0.29) is 11.7 Å². The second-order valence-electron chi connectivity index (χ2n) is 5.96. The summed E-state index contributed by atoms with van der Waals surface area (Å²) in [6.45, 7) is 3.88. The normalized spacial score (nSPS) is 11.2. The number of nitrogens with zero attached hydrogens (tertiary/aromatic N) is 4. The molecule has 2 aromatic carbocycles. The summed E-state index contributed by atoms with van der Waals surface area (Å²) in [6.07, 6.45) is 0. The summed E-state index contributed by atoms with van der Waals surface area (Å²) in [6, 6.07) is 15.6. The van der Waals surface area contributed by atoms with Gasteiger partial charge in [-0.2, -0.15) is 0 Å². The fourth-order valence-electron chi connectivity index (χ4n) is 2.83. The monoisotopic (exact) mass is 363 g/mol. The number of hydrogen-bond acceptors (Lipinski definition) is 5. The van der Waals surface area contributed by atoms with Gasteiger partial charge in [0.2, 0.25) is 5.91 Å². The second kappa shape index (κ2) is 6.76. The van der Waals surface area contributed by atoms with E-state index in [1.165, 1.54) is 11.8 Å². The van der Waals surface area contributed by atoms with Gasteiger partial charge in [0.25, 0.3) is 0 Å². The highest BCUT2D eigenvalue weighted by atomic mass is 32.2. The molecule has 0 saturated carbocycles. The van der Waals surface area contributed by atoms with Gasteiger partial charge in [0.05, 0.1) is 16.8 Å². The Kier molecular flexibility index (Phi) is 4.30. The lowest BCUT2D eigenvalue weighted by Gasteiger charge is -2.09. The Bertz CT molecular complexity index is 1120. The van der Waals surface area contributed by atoms with E-state index in [4.69, 9.17) is 0 Å². The number of nitrogens with one attached hydrogen (secondary N) is 1. The van der Waals surface area contributed by atoms with Crippen LogP contribution in [0, 0.1) is 13.8 Å². The molecular formula is C19H17N5OS. The molecule has 0 aliphatic heterocycles. The molecule has 7 heteroatoms. The van der Waals surface area contributed by atoms with E-state index in [1.807, 2.05) is 66.8 Å². The van der Waals surface area contributed by atoms with Crippen LogP contribution in [0.3, 0.4) is 0 Å². The van der Waals surface area contributed by atoms with Crippen LogP contribution < -0.4 is 5.32 Å². The Morgan fingerprint density at radius 1 is 1.08 bits per heavy atom. The summed E-state index contributed by atoms with van der Waals surface area (Å²) in [5, 5.41) is 12.1. The lowest BCUT2D eigenvalue weighted by Crippen LogP contribution is -2.15. The van der Waals surface area contributed by atoms with Crippen molar-refractivity contribution in [2.75, 3.05) is 11.1 Å². The minimum atomic E-state index is -0.0753. The maximum Gasteiger partial charge on any atom is 0.234 e. The van der Waals surface area contributed by atoms with Crippen LogP contribution in [0.4, 0.5) is 5.69 Å². The van der Waals surface area contributed by atoms with E-state index in [0.29, 0.717) is 10.7 Å². The molecule has 4 rings (SSSR count). The maximum atomic E-state index is 12.3. The third kappa shape index (κ3) is 3.01. The fraction of sp³-hybridized carbons (Fsp3) is 0.158. The van der Waals surface area contributed by atoms with E-state index < -0.39 is 0 Å². The molecule has 0 spiro atoms. The zero-order valence-electron chi connectivity index (χ0n) is 14.4. The van der Waals surface area contributed by atoms with E-state index in [0.717, 1.165) is 28.1 Å². The Hall–Kier alpha value is -2.93. The van der Waals surface area contributed by atoms with E-state index in [9.17, 15) is 4.79 Å². The molecule has 1 amide bonds. The van der Waals surface area contributed by atoms with Gasteiger partial charge < -0.3 is 5.32 Å². The van der Waals surface area contributed by atoms with Crippen LogP contribution in [0.15, 0.2) is 53.6 Å². The lowest BCUT2D eigenvalue weighted by atomic mass is 10.2. The first-order chi connectivity index (χ1) is 12.6. The minimum Gasteiger partial charge on any atom is -0.325 e. The van der Waals surface area contributed by atoms with Crippen LogP contribution in [0.25, 0.3) is 16.7 Å². The number of carbonyl (C=O) groups is 1. The molecule has 130 valence electrons. The van der Waals surface area contributed by atoms with Crippen molar-refractivity contribution in [2.24, 2.45) is 0 Å². The SMILES string of the molecule is Cc1ccccc1NC(=O)CSc1nc2ccccc2n2c(C)nnc12. The van der Waals surface area contributed by atoms with Crippen LogP contribution in [0.1, 0.15) is 11.4 Å². The van der Waals surface area contributed by atoms with Crippen LogP contribution in [-0.4, -0.2) is 31.2 Å². The van der Waals surface area contributed by atoms with Crippen molar-refractivity contribution in [1.82, 2.24) is 19.6 Å². The number of amides is 1. The number of thioether (sulfide) groups is 1. The number of hydrogen-bond donors (Lipinski definition) is 1. The number of aryl methyl sites for hydroxylation is 2. The van der Waals surface area contributed by atoms with Gasteiger partial charge in [-0.05, 0) is 37.6 Å². The number of rotatable bonds is 4. The molecule has 0 bridgehead atoms. The van der Waals surface area contributed by atoms with Crippen LogP contribution in [0.5, 0.6) is 0 Å². The highest BCUT2D eigenvalue weighted by molar-refractivity contribution is 8.00. The third-order valence-electron chi connectivity index (χ3n) is 4.12. The number of benzene rings is 2. The summed E-state index contributed by atoms with van der Waals surface area (Å²) in [5.74, 6) is 0.972. The average molecular weight is 363 g/mol. The molecule has 0 fully saturated rings. The second-order valence-corrected chi connectivity index (χ2v) is 6.93. The first kappa shape index (κ1) is 16.5. The summed E-state index contributed by atoms with van der Waals surface area (Å²) in [4.78, 5) is 17.0. The van der Waals surface area contributed by atoms with Gasteiger partial charge in [-0.3, -0.25) is 9.20 Å². The summed E-state index contributed by atoms with van der Waals surface area (Å²) in [7, 11) is 0. The molecule has 2 heterocycles. The zero-order chi connectivity index (χ0) is 18.1. The summed E-state index contributed by atoms with van der Waals surface area (Å²) < 4.78 is 1.98. The maximum absolute atomic E-state index is 12.3. The van der Waals surface area contributed by atoms with Crippen molar-refractivity contribution in [3.05, 3.63) is 59.9 Å². The highest BCUT2D eigenvalue weighted by Crippen LogP contribution is 2.25. The van der Waals surface area contributed by atoms with Gasteiger partial charge in [-0.15, -0.1) is 10.2 Å². The topological polar surface area (TPSA) is 72.2 Å². The van der Waals surface area contributed by atoms with E-state index in [1.54, 1.807) is 0 Å². The number of anilines is 1. The molecule has 4 aromatic rings. The molecule has 0 unspecified atom stereocenters. The Balaban J connectivity index is 1.61. The Labute approximate surface area is 154 Å². The predicted molar refractivity (Wildman–Crippen MR) is 104 cm³/mol. The molecule has 0 saturated heterocycles. The molecule has 0 radical (unpaired) electrons. The number of fused-ring (bicyclic) bond motifs is 3. The molecule has 0 atom stereocenters. The van der Waals surface area contributed by atoms with Crippen molar-refractivity contribution in [2.45, 2.75) is 18.9 Å². The standard InChI is InChI=1S/C19H17N5OS/c1-12-7-3-4-8-14(12)20-17(25)11-26-19-18-23-22-13(2)24(18)16-10-6-5-9-15(16)21-19/h3-10H,11H2,1-2H3,(H,20,25). The third-order valence-corrected chi connectivity index (χ3v) is 5.07. The fourth-order valence-corrected chi connectivity index (χ4v) is 3.59. The molecule has 0 aliphatic rings. The summed E-state index contributed by atoms with van der Waals surface area (Å²) in [5.41, 5.74) is 4.34. The highest BCUT2D eigenvalue weighted by Gasteiger charge is 2.15. The Morgan fingerprint density at radius 3 is 2.69 bits per heavy atom. The van der Waals surface area contributed by atoms with Crippen LogP contribution in [0.2, 0.25) is 0 Å². The van der Waals surface area contributed by atoms with Crippen molar-refractivity contribution in [3.8, 4) is 0 Å². The molecule has 0 aliphatic carbocycles. The summed E-state index contributed by atoms with van der Waals surface area (Å²) >= 11 is 1.36. The van der Waals surface area contributed by atoms with Crippen molar-refractivity contribution < 1.29 is 4.79 Å². The van der Waals surface area contributed by atoms with Gasteiger partial charge in [0, 0.05) is 5.69 Å². The first-order valence-electron chi connectivity index (χ1n) is 8.22. The predicted octanol–water partition coefficient (Wildman–Crippen LogP) is 3.63. The van der Waals surface area contributed by atoms with E-state index >= 15 is 0 Å². The molecule has 1 N–H and O–H groups in total. The van der Waals surface area contributed by atoms with Gasteiger partial charge >= 0.3 is 0 Å². The number of aromatic nitrogens is 4. The molecule has 26 heavy (non-hydrogen) atoms. The van der Waals surface area contributed by atoms with Crippen molar-refractivity contribution >= 4 is 40.0 Å². The minimum absolute atomic E-state index is 0.0753. The van der Waals surface area contributed by atoms with E-state index in [2.05, 4.69) is 20.5 Å². The number of carbonyl (C=O) groups excluding carboxylic acids is 1. The molecular weight excluding hydrogens is 346 g/mol. The largest absolute Gasteiger partial charge is 0.325 e. The molecule has 2 aromatic heterocycles. The smallest absolute Gasteiger partial charge is 0.234 e. The number of para-hydroxylation sites is 3. The quantitative estimate of drug-likeness (QED) is 0.561. The van der Waals surface area contributed by atoms with Crippen LogP contribution in [-0.2, 0) is 4.79 Å². The van der Waals surface area contributed by atoms with Gasteiger partial charge in [0.1, 0.15) is 10.9 Å². The van der Waals surface area contributed by atoms with Crippen LogP contribution >= 0.6 is 11.8 Å². The lowest BCUT2D eigenvalue weighted by molar-refractivity contribution is -0.113. The average Bonchev–Trinajstić information content (AvgIpc) is 3.04. The van der Waals surface area contributed by atoms with Gasteiger partial charge in [-0.25, -0.2) is 4.98 Å².